The Balaban J connectivity index is 2.56. The van der Waals surface area contributed by atoms with Gasteiger partial charge in [0, 0.05) is 0 Å². The molecule has 7 nitrogen and oxygen atoms in total. The molecule has 7 heteroatoms. The molecular weight excluding hydrogens is 248 g/mol. The molecule has 0 saturated carbocycles. The van der Waals surface area contributed by atoms with Gasteiger partial charge in [-0.15, -0.1) is 0 Å². The average Bonchev–Trinajstić information content (AvgIpc) is 2.61. The van der Waals surface area contributed by atoms with Crippen molar-refractivity contribution < 1.29 is 14.1 Å². The second-order valence-corrected chi connectivity index (χ2v) is 5.65. The average molecular weight is 270 g/mol. The summed E-state index contributed by atoms with van der Waals surface area (Å²) in [6.45, 7) is 7.76. The Labute approximate surface area is 113 Å². The highest BCUT2D eigenvalue weighted by Gasteiger charge is 2.21. The van der Waals surface area contributed by atoms with Crippen LogP contribution in [0, 0.1) is 0 Å². The van der Waals surface area contributed by atoms with Crippen LogP contribution < -0.4 is 5.32 Å². The lowest BCUT2D eigenvalue weighted by Gasteiger charge is -2.20. The Hall–Kier alpha value is -1.63. The number of aromatic nitrogens is 2. The van der Waals surface area contributed by atoms with Crippen LogP contribution in [0.1, 0.15) is 45.5 Å². The van der Waals surface area contributed by atoms with Gasteiger partial charge in [-0.2, -0.15) is 4.98 Å². The van der Waals surface area contributed by atoms with Crippen molar-refractivity contribution in [1.29, 1.82) is 0 Å². The van der Waals surface area contributed by atoms with E-state index in [1.807, 2.05) is 19.0 Å². The number of hydrogen-bond donors (Lipinski definition) is 1. The van der Waals surface area contributed by atoms with E-state index < -0.39 is 17.7 Å². The van der Waals surface area contributed by atoms with E-state index in [2.05, 4.69) is 15.5 Å². The number of ether oxygens (including phenoxy) is 1. The molecule has 1 aromatic rings. The van der Waals surface area contributed by atoms with Gasteiger partial charge in [0.25, 0.3) is 0 Å². The van der Waals surface area contributed by atoms with Crippen LogP contribution >= 0.6 is 0 Å². The molecule has 0 unspecified atom stereocenters. The van der Waals surface area contributed by atoms with Crippen molar-refractivity contribution in [3.63, 3.8) is 0 Å². The number of carbonyl (C=O) groups excluding carboxylic acids is 1. The van der Waals surface area contributed by atoms with Gasteiger partial charge in [0.2, 0.25) is 5.89 Å². The fourth-order valence-corrected chi connectivity index (χ4v) is 1.34. The largest absolute Gasteiger partial charge is 0.444 e. The van der Waals surface area contributed by atoms with Gasteiger partial charge in [-0.05, 0) is 41.8 Å². The Bertz CT molecular complexity index is 423. The third-order valence-corrected chi connectivity index (χ3v) is 2.05. The van der Waals surface area contributed by atoms with Crippen molar-refractivity contribution in [3.05, 3.63) is 11.7 Å². The maximum Gasteiger partial charge on any atom is 0.408 e. The number of nitrogens with one attached hydrogen (secondary N) is 1. The van der Waals surface area contributed by atoms with Gasteiger partial charge in [0.1, 0.15) is 11.6 Å². The standard InChI is InChI=1S/C12H22N4O3/c1-8(13-11(17)18-12(2,3)4)10-14-9(15-19-10)7-16(5)6/h8H,7H2,1-6H3,(H,13,17)/t8-/m0/s1. The van der Waals surface area contributed by atoms with E-state index in [0.717, 1.165) is 0 Å². The van der Waals surface area contributed by atoms with E-state index in [1.54, 1.807) is 27.7 Å². The molecule has 0 aliphatic carbocycles. The fraction of sp³-hybridized carbons (Fsp3) is 0.750. The van der Waals surface area contributed by atoms with Gasteiger partial charge in [-0.3, -0.25) is 0 Å². The first-order valence-corrected chi connectivity index (χ1v) is 6.14. The molecule has 0 saturated heterocycles. The highest BCUT2D eigenvalue weighted by molar-refractivity contribution is 5.68. The molecular formula is C12H22N4O3. The zero-order valence-electron chi connectivity index (χ0n) is 12.4. The quantitative estimate of drug-likeness (QED) is 0.897. The summed E-state index contributed by atoms with van der Waals surface area (Å²) in [6, 6.07) is -0.390. The van der Waals surface area contributed by atoms with Gasteiger partial charge < -0.3 is 19.5 Å². The van der Waals surface area contributed by atoms with Crippen LogP contribution in [-0.2, 0) is 11.3 Å². The van der Waals surface area contributed by atoms with Gasteiger partial charge >= 0.3 is 6.09 Å². The van der Waals surface area contributed by atoms with E-state index in [4.69, 9.17) is 9.26 Å². The summed E-state index contributed by atoms with van der Waals surface area (Å²) in [7, 11) is 3.83. The first kappa shape index (κ1) is 15.4. The van der Waals surface area contributed by atoms with Crippen LogP contribution in [-0.4, -0.2) is 40.8 Å². The van der Waals surface area contributed by atoms with Crippen molar-refractivity contribution in [3.8, 4) is 0 Å². The predicted molar refractivity (Wildman–Crippen MR) is 69.5 cm³/mol. The zero-order chi connectivity index (χ0) is 14.6. The molecule has 0 bridgehead atoms. The van der Waals surface area contributed by atoms with E-state index in [-0.39, 0.29) is 0 Å². The molecule has 1 amide bonds. The highest BCUT2D eigenvalue weighted by atomic mass is 16.6. The maximum atomic E-state index is 11.6. The normalized spacial score (nSPS) is 13.4. The molecule has 0 radical (unpaired) electrons. The van der Waals surface area contributed by atoms with Crippen LogP contribution in [0.25, 0.3) is 0 Å². The first-order valence-electron chi connectivity index (χ1n) is 6.14. The number of rotatable bonds is 4. The van der Waals surface area contributed by atoms with Crippen molar-refractivity contribution in [2.24, 2.45) is 0 Å². The van der Waals surface area contributed by atoms with Crippen LogP contribution in [0.3, 0.4) is 0 Å². The number of carbonyl (C=O) groups is 1. The third kappa shape index (κ3) is 5.69. The molecule has 1 heterocycles. The minimum atomic E-state index is -0.533. The predicted octanol–water partition coefficient (Wildman–Crippen LogP) is 1.72. The van der Waals surface area contributed by atoms with Gasteiger partial charge in [0.05, 0.1) is 6.54 Å². The Morgan fingerprint density at radius 3 is 2.63 bits per heavy atom. The zero-order valence-corrected chi connectivity index (χ0v) is 12.4. The summed E-state index contributed by atoms with van der Waals surface area (Å²) in [6.07, 6.45) is -0.507. The third-order valence-electron chi connectivity index (χ3n) is 2.05. The Morgan fingerprint density at radius 1 is 1.47 bits per heavy atom. The lowest BCUT2D eigenvalue weighted by Crippen LogP contribution is -2.34. The van der Waals surface area contributed by atoms with E-state index >= 15 is 0 Å². The number of alkyl carbamates (subject to hydrolysis) is 1. The van der Waals surface area contributed by atoms with Gasteiger partial charge in [0.15, 0.2) is 5.82 Å². The SMILES string of the molecule is C[C@H](NC(=O)OC(C)(C)C)c1nc(CN(C)C)no1. The fourth-order valence-electron chi connectivity index (χ4n) is 1.34. The number of amides is 1. The van der Waals surface area contributed by atoms with Crippen LogP contribution in [0.4, 0.5) is 4.79 Å². The molecule has 1 aromatic heterocycles. The molecule has 1 N–H and O–H groups in total. The molecule has 1 rings (SSSR count). The summed E-state index contributed by atoms with van der Waals surface area (Å²) < 4.78 is 10.3. The maximum absolute atomic E-state index is 11.6. The van der Waals surface area contributed by atoms with Crippen molar-refractivity contribution in [2.45, 2.75) is 45.9 Å². The van der Waals surface area contributed by atoms with Crippen LogP contribution in [0.5, 0.6) is 0 Å². The number of nitrogens with zero attached hydrogens (tertiary/aromatic N) is 3. The van der Waals surface area contributed by atoms with Crippen molar-refractivity contribution >= 4 is 6.09 Å². The molecule has 0 fully saturated rings. The minimum absolute atomic E-state index is 0.364. The molecule has 108 valence electrons. The lowest BCUT2D eigenvalue weighted by molar-refractivity contribution is 0.0499. The Morgan fingerprint density at radius 2 is 2.11 bits per heavy atom. The van der Waals surface area contributed by atoms with E-state index in [0.29, 0.717) is 18.3 Å². The minimum Gasteiger partial charge on any atom is -0.444 e. The van der Waals surface area contributed by atoms with Crippen molar-refractivity contribution in [2.75, 3.05) is 14.1 Å². The van der Waals surface area contributed by atoms with E-state index in [1.165, 1.54) is 0 Å². The molecule has 0 aliphatic heterocycles. The first-order chi connectivity index (χ1) is 8.67. The van der Waals surface area contributed by atoms with Crippen molar-refractivity contribution in [1.82, 2.24) is 20.4 Å². The molecule has 19 heavy (non-hydrogen) atoms. The number of hydrogen-bond acceptors (Lipinski definition) is 6. The smallest absolute Gasteiger partial charge is 0.408 e. The topological polar surface area (TPSA) is 80.5 Å². The van der Waals surface area contributed by atoms with Gasteiger partial charge in [-0.25, -0.2) is 4.79 Å². The summed E-state index contributed by atoms with van der Waals surface area (Å²) in [5.74, 6) is 0.945. The second-order valence-electron chi connectivity index (χ2n) is 5.65. The van der Waals surface area contributed by atoms with E-state index in [9.17, 15) is 4.79 Å². The monoisotopic (exact) mass is 270 g/mol. The summed E-state index contributed by atoms with van der Waals surface area (Å²) in [5, 5.41) is 6.49. The molecule has 0 spiro atoms. The second kappa shape index (κ2) is 6.01. The molecule has 1 atom stereocenters. The molecule has 0 aliphatic rings. The summed E-state index contributed by atoms with van der Waals surface area (Å²) in [4.78, 5) is 17.7. The highest BCUT2D eigenvalue weighted by Crippen LogP contribution is 2.12. The van der Waals surface area contributed by atoms with Crippen LogP contribution in [0.2, 0.25) is 0 Å². The lowest BCUT2D eigenvalue weighted by atomic mass is 10.2. The Kier molecular flexibility index (Phi) is 4.88. The molecule has 0 aromatic carbocycles. The van der Waals surface area contributed by atoms with Gasteiger partial charge in [-0.1, -0.05) is 5.16 Å². The summed E-state index contributed by atoms with van der Waals surface area (Å²) in [5.41, 5.74) is -0.533. The summed E-state index contributed by atoms with van der Waals surface area (Å²) >= 11 is 0. The van der Waals surface area contributed by atoms with Crippen LogP contribution in [0.15, 0.2) is 4.52 Å².